The van der Waals surface area contributed by atoms with E-state index in [1.54, 1.807) is 7.05 Å². The van der Waals surface area contributed by atoms with Gasteiger partial charge >= 0.3 is 0 Å². The molecule has 3 N–H and O–H groups in total. The number of nitro benzene ring substituents is 1. The van der Waals surface area contributed by atoms with Gasteiger partial charge in [-0.2, -0.15) is 0 Å². The van der Waals surface area contributed by atoms with E-state index in [0.717, 1.165) is 12.1 Å². The van der Waals surface area contributed by atoms with Crippen LogP contribution in [0.25, 0.3) is 0 Å². The van der Waals surface area contributed by atoms with Gasteiger partial charge in [0.15, 0.2) is 0 Å². The third kappa shape index (κ3) is 3.69. The lowest BCUT2D eigenvalue weighted by molar-refractivity contribution is -0.385. The van der Waals surface area contributed by atoms with E-state index in [1.807, 2.05) is 0 Å². The fourth-order valence-corrected chi connectivity index (χ4v) is 1.76. The number of nitrogens with zero attached hydrogens (tertiary/aromatic N) is 1. The third-order valence-corrected chi connectivity index (χ3v) is 2.89. The van der Waals surface area contributed by atoms with Crippen LogP contribution in [0, 0.1) is 22.9 Å². The van der Waals surface area contributed by atoms with Crippen molar-refractivity contribution in [1.82, 2.24) is 5.32 Å². The van der Waals surface area contributed by atoms with E-state index in [-0.39, 0.29) is 23.2 Å². The van der Waals surface area contributed by atoms with Crippen molar-refractivity contribution in [2.75, 3.05) is 13.6 Å². The number of hydrogen-bond donors (Lipinski definition) is 3. The number of benzene rings is 1. The van der Waals surface area contributed by atoms with Crippen LogP contribution < -0.4 is 5.32 Å². The first-order chi connectivity index (χ1) is 8.88. The van der Waals surface area contributed by atoms with E-state index in [9.17, 15) is 24.7 Å². The fourth-order valence-electron chi connectivity index (χ4n) is 1.76. The number of halogens is 1. The van der Waals surface area contributed by atoms with Crippen molar-refractivity contribution >= 4 is 5.69 Å². The zero-order chi connectivity index (χ0) is 14.6. The highest BCUT2D eigenvalue weighted by Crippen LogP contribution is 2.28. The van der Waals surface area contributed by atoms with Gasteiger partial charge in [0.1, 0.15) is 11.9 Å². The molecule has 2 atom stereocenters. The molecule has 0 fully saturated rings. The second-order valence-corrected chi connectivity index (χ2v) is 4.32. The van der Waals surface area contributed by atoms with Crippen LogP contribution >= 0.6 is 0 Å². The Morgan fingerprint density at radius 1 is 1.47 bits per heavy atom. The number of aliphatic hydroxyl groups excluding tert-OH is 2. The summed E-state index contributed by atoms with van der Waals surface area (Å²) in [6, 6.07) is 1.96. The quantitative estimate of drug-likeness (QED) is 0.531. The minimum Gasteiger partial charge on any atom is -0.390 e. The molecule has 1 aromatic rings. The van der Waals surface area contributed by atoms with Crippen LogP contribution in [0.2, 0.25) is 0 Å². The van der Waals surface area contributed by atoms with Crippen molar-refractivity contribution in [2.24, 2.45) is 0 Å². The van der Waals surface area contributed by atoms with Crippen LogP contribution in [0.15, 0.2) is 12.1 Å². The Labute approximate surface area is 110 Å². The number of aryl methyl sites for hydroxylation is 1. The van der Waals surface area contributed by atoms with E-state index < -0.39 is 22.9 Å². The number of nitro groups is 1. The Morgan fingerprint density at radius 3 is 2.63 bits per heavy atom. The SMILES string of the molecule is CNCCC(O)C(O)c1cc([N+](=O)[O-])c(C)cc1F. The second-order valence-electron chi connectivity index (χ2n) is 4.32. The van der Waals surface area contributed by atoms with Crippen molar-refractivity contribution in [3.05, 3.63) is 39.2 Å². The van der Waals surface area contributed by atoms with E-state index in [0.29, 0.717) is 6.54 Å². The smallest absolute Gasteiger partial charge is 0.272 e. The van der Waals surface area contributed by atoms with Gasteiger partial charge in [-0.15, -0.1) is 0 Å². The predicted molar refractivity (Wildman–Crippen MR) is 67.3 cm³/mol. The number of rotatable bonds is 6. The molecule has 0 aliphatic rings. The molecule has 0 radical (unpaired) electrons. The van der Waals surface area contributed by atoms with Crippen LogP contribution in [0.1, 0.15) is 23.7 Å². The molecular weight excluding hydrogens is 255 g/mol. The van der Waals surface area contributed by atoms with Crippen molar-refractivity contribution < 1.29 is 19.5 Å². The summed E-state index contributed by atoms with van der Waals surface area (Å²) in [5.41, 5.74) is -0.375. The molecule has 0 bridgehead atoms. The largest absolute Gasteiger partial charge is 0.390 e. The van der Waals surface area contributed by atoms with E-state index in [4.69, 9.17) is 0 Å². The van der Waals surface area contributed by atoms with Gasteiger partial charge in [-0.1, -0.05) is 0 Å². The molecule has 0 aromatic heterocycles. The molecule has 1 aromatic carbocycles. The molecule has 19 heavy (non-hydrogen) atoms. The maximum absolute atomic E-state index is 13.7. The maximum atomic E-state index is 13.7. The summed E-state index contributed by atoms with van der Waals surface area (Å²) in [6.07, 6.45) is -2.48. The molecule has 0 amide bonds. The lowest BCUT2D eigenvalue weighted by Gasteiger charge is -2.18. The van der Waals surface area contributed by atoms with Crippen LogP contribution in [0.4, 0.5) is 10.1 Å². The Morgan fingerprint density at radius 2 is 2.11 bits per heavy atom. The van der Waals surface area contributed by atoms with Gasteiger partial charge in [-0.25, -0.2) is 4.39 Å². The molecule has 0 spiro atoms. The average Bonchev–Trinajstić information content (AvgIpc) is 2.34. The van der Waals surface area contributed by atoms with Crippen molar-refractivity contribution in [1.29, 1.82) is 0 Å². The van der Waals surface area contributed by atoms with Gasteiger partial charge in [-0.05, 0) is 33.0 Å². The zero-order valence-electron chi connectivity index (χ0n) is 10.8. The molecule has 1 rings (SSSR count). The Balaban J connectivity index is 3.05. The monoisotopic (exact) mass is 272 g/mol. The highest BCUT2D eigenvalue weighted by atomic mass is 19.1. The summed E-state index contributed by atoms with van der Waals surface area (Å²) in [5.74, 6) is -0.765. The van der Waals surface area contributed by atoms with E-state index >= 15 is 0 Å². The minimum atomic E-state index is -1.49. The van der Waals surface area contributed by atoms with Gasteiger partial charge in [0.2, 0.25) is 0 Å². The summed E-state index contributed by atoms with van der Waals surface area (Å²) in [5, 5.41) is 33.1. The topological polar surface area (TPSA) is 95.6 Å². The van der Waals surface area contributed by atoms with Crippen LogP contribution in [0.5, 0.6) is 0 Å². The number of nitrogens with one attached hydrogen (secondary N) is 1. The predicted octanol–water partition coefficient (Wildman–Crippen LogP) is 1.05. The summed E-state index contributed by atoms with van der Waals surface area (Å²) >= 11 is 0. The molecule has 0 heterocycles. The van der Waals surface area contributed by atoms with Crippen LogP contribution in [-0.2, 0) is 0 Å². The molecule has 0 aliphatic heterocycles. The first-order valence-corrected chi connectivity index (χ1v) is 5.83. The van der Waals surface area contributed by atoms with Gasteiger partial charge in [0.05, 0.1) is 11.0 Å². The first-order valence-electron chi connectivity index (χ1n) is 5.83. The summed E-state index contributed by atoms with van der Waals surface area (Å²) in [7, 11) is 1.68. The van der Waals surface area contributed by atoms with E-state index in [1.165, 1.54) is 6.92 Å². The van der Waals surface area contributed by atoms with Crippen molar-refractivity contribution in [3.63, 3.8) is 0 Å². The lowest BCUT2D eigenvalue weighted by Crippen LogP contribution is -2.24. The zero-order valence-corrected chi connectivity index (χ0v) is 10.8. The fraction of sp³-hybridized carbons (Fsp3) is 0.500. The first kappa shape index (κ1) is 15.5. The number of aliphatic hydroxyl groups is 2. The van der Waals surface area contributed by atoms with Crippen molar-refractivity contribution in [3.8, 4) is 0 Å². The molecular formula is C12H17FN2O4. The molecule has 106 valence electrons. The lowest BCUT2D eigenvalue weighted by atomic mass is 9.99. The third-order valence-electron chi connectivity index (χ3n) is 2.89. The van der Waals surface area contributed by atoms with Crippen LogP contribution in [0.3, 0.4) is 0 Å². The van der Waals surface area contributed by atoms with Gasteiger partial charge in [0.25, 0.3) is 5.69 Å². The highest BCUT2D eigenvalue weighted by Gasteiger charge is 2.25. The summed E-state index contributed by atoms with van der Waals surface area (Å²) in [6.45, 7) is 1.85. The van der Waals surface area contributed by atoms with Crippen LogP contribution in [-0.4, -0.2) is 34.8 Å². The highest BCUT2D eigenvalue weighted by molar-refractivity contribution is 5.44. The molecule has 0 saturated heterocycles. The molecule has 0 saturated carbocycles. The number of hydrogen-bond acceptors (Lipinski definition) is 5. The minimum absolute atomic E-state index is 0.170. The van der Waals surface area contributed by atoms with Gasteiger partial charge in [0, 0.05) is 17.2 Å². The summed E-state index contributed by atoms with van der Waals surface area (Å²) in [4.78, 5) is 10.1. The van der Waals surface area contributed by atoms with Crippen molar-refractivity contribution in [2.45, 2.75) is 25.6 Å². The standard InChI is InChI=1S/C12H17FN2O4/c1-7-5-9(13)8(6-10(7)15(18)19)12(17)11(16)3-4-14-2/h5-6,11-12,14,16-17H,3-4H2,1-2H3. The van der Waals surface area contributed by atoms with E-state index in [2.05, 4.69) is 5.32 Å². The molecule has 7 heteroatoms. The Bertz CT molecular complexity index is 467. The van der Waals surface area contributed by atoms with Gasteiger partial charge in [-0.3, -0.25) is 10.1 Å². The molecule has 0 aliphatic carbocycles. The summed E-state index contributed by atoms with van der Waals surface area (Å²) < 4.78 is 13.7. The Hall–Kier alpha value is -1.57. The molecule has 2 unspecified atom stereocenters. The molecule has 6 nitrogen and oxygen atoms in total. The normalized spacial score (nSPS) is 14.2. The average molecular weight is 272 g/mol. The second kappa shape index (κ2) is 6.55. The van der Waals surface area contributed by atoms with Gasteiger partial charge < -0.3 is 15.5 Å². The Kier molecular flexibility index (Phi) is 5.34. The maximum Gasteiger partial charge on any atom is 0.272 e.